The second-order valence-corrected chi connectivity index (χ2v) is 9.84. The van der Waals surface area contributed by atoms with Crippen molar-refractivity contribution < 1.29 is 0 Å². The van der Waals surface area contributed by atoms with Crippen LogP contribution in [0.1, 0.15) is 96.3 Å². The van der Waals surface area contributed by atoms with Gasteiger partial charge in [-0.1, -0.05) is 77.0 Å². The third kappa shape index (κ3) is 8.21. The highest BCUT2D eigenvalue weighted by Gasteiger charge is 2.24. The molecule has 0 aromatic rings. The van der Waals surface area contributed by atoms with Gasteiger partial charge < -0.3 is 0 Å². The van der Waals surface area contributed by atoms with Gasteiger partial charge in [-0.15, -0.1) is 23.5 Å². The zero-order valence-corrected chi connectivity index (χ0v) is 15.6. The zero-order valence-electron chi connectivity index (χ0n) is 14.0. The van der Waals surface area contributed by atoms with Crippen LogP contribution in [0.25, 0.3) is 0 Å². The number of hydrogen-bond acceptors (Lipinski definition) is 2. The SMILES string of the molecule is C1CCCCCCCC(C2SCCCS2)CCCCCC1. The highest BCUT2D eigenvalue weighted by Crippen LogP contribution is 2.40. The van der Waals surface area contributed by atoms with Crippen molar-refractivity contribution in [2.24, 2.45) is 5.92 Å². The van der Waals surface area contributed by atoms with E-state index in [-0.39, 0.29) is 0 Å². The van der Waals surface area contributed by atoms with Gasteiger partial charge in [-0.2, -0.15) is 0 Å². The Hall–Kier alpha value is 0.700. The molecule has 124 valence electrons. The minimum atomic E-state index is 0.939. The molecule has 0 spiro atoms. The van der Waals surface area contributed by atoms with Gasteiger partial charge in [0.2, 0.25) is 0 Å². The Labute approximate surface area is 142 Å². The van der Waals surface area contributed by atoms with Crippen LogP contribution in [0.3, 0.4) is 0 Å². The summed E-state index contributed by atoms with van der Waals surface area (Å²) in [7, 11) is 0. The maximum absolute atomic E-state index is 2.28. The molecule has 2 aliphatic rings. The monoisotopic (exact) mass is 328 g/mol. The highest BCUT2D eigenvalue weighted by atomic mass is 32.2. The molecule has 1 heterocycles. The Morgan fingerprint density at radius 1 is 0.429 bits per heavy atom. The average molecular weight is 329 g/mol. The van der Waals surface area contributed by atoms with Crippen LogP contribution in [0.15, 0.2) is 0 Å². The van der Waals surface area contributed by atoms with Crippen LogP contribution >= 0.6 is 23.5 Å². The molecule has 0 N–H and O–H groups in total. The predicted molar refractivity (Wildman–Crippen MR) is 101 cm³/mol. The third-order valence-corrected chi connectivity index (χ3v) is 8.43. The minimum Gasteiger partial charge on any atom is -0.147 e. The first-order chi connectivity index (χ1) is 10.5. The molecule has 1 aliphatic heterocycles. The standard InChI is InChI=1S/C19H36S2/c1-2-4-6-8-10-12-15-18(14-11-9-7-5-3-1)19-20-16-13-17-21-19/h18-19H,1-17H2. The van der Waals surface area contributed by atoms with E-state index in [9.17, 15) is 0 Å². The second kappa shape index (κ2) is 12.2. The lowest BCUT2D eigenvalue weighted by atomic mass is 9.95. The maximum atomic E-state index is 2.28. The first-order valence-corrected chi connectivity index (χ1v) is 11.8. The molecule has 0 atom stereocenters. The van der Waals surface area contributed by atoms with Crippen LogP contribution in [0.2, 0.25) is 0 Å². The van der Waals surface area contributed by atoms with Gasteiger partial charge in [0.1, 0.15) is 0 Å². The summed E-state index contributed by atoms with van der Waals surface area (Å²) in [6.45, 7) is 0. The third-order valence-electron chi connectivity index (χ3n) is 5.14. The molecule has 2 rings (SSSR count). The summed E-state index contributed by atoms with van der Waals surface area (Å²) in [6, 6.07) is 0. The molecule has 0 bridgehead atoms. The Kier molecular flexibility index (Phi) is 10.5. The molecule has 0 radical (unpaired) electrons. The first-order valence-electron chi connectivity index (χ1n) is 9.70. The summed E-state index contributed by atoms with van der Waals surface area (Å²) in [4.78, 5) is 0. The summed E-state index contributed by atoms with van der Waals surface area (Å²) in [5, 5.41) is 0. The van der Waals surface area contributed by atoms with Crippen LogP contribution in [0, 0.1) is 5.92 Å². The number of thioether (sulfide) groups is 2. The molecule has 1 saturated heterocycles. The number of hydrogen-bond donors (Lipinski definition) is 0. The maximum Gasteiger partial charge on any atom is 0.0530 e. The lowest BCUT2D eigenvalue weighted by Gasteiger charge is -2.29. The molecular formula is C19H36S2. The lowest BCUT2D eigenvalue weighted by Crippen LogP contribution is -2.18. The van der Waals surface area contributed by atoms with Crippen molar-refractivity contribution in [3.8, 4) is 0 Å². The van der Waals surface area contributed by atoms with E-state index in [0.29, 0.717) is 0 Å². The molecule has 2 fully saturated rings. The van der Waals surface area contributed by atoms with Gasteiger partial charge in [0.05, 0.1) is 4.58 Å². The molecule has 0 unspecified atom stereocenters. The van der Waals surface area contributed by atoms with Crippen LogP contribution in [-0.4, -0.2) is 16.1 Å². The Morgan fingerprint density at radius 3 is 1.24 bits per heavy atom. The van der Waals surface area contributed by atoms with Crippen molar-refractivity contribution in [2.45, 2.75) is 101 Å². The molecule has 1 aliphatic carbocycles. The van der Waals surface area contributed by atoms with E-state index < -0.39 is 0 Å². The summed E-state index contributed by atoms with van der Waals surface area (Å²) in [5.41, 5.74) is 0. The highest BCUT2D eigenvalue weighted by molar-refractivity contribution is 8.17. The van der Waals surface area contributed by atoms with E-state index in [1.807, 2.05) is 0 Å². The quantitative estimate of drug-likeness (QED) is 0.496. The smallest absolute Gasteiger partial charge is 0.0530 e. The van der Waals surface area contributed by atoms with Crippen molar-refractivity contribution in [2.75, 3.05) is 11.5 Å². The fraction of sp³-hybridized carbons (Fsp3) is 1.00. The van der Waals surface area contributed by atoms with Gasteiger partial charge in [0.25, 0.3) is 0 Å². The van der Waals surface area contributed by atoms with Gasteiger partial charge in [-0.25, -0.2) is 0 Å². The Balaban J connectivity index is 1.74. The van der Waals surface area contributed by atoms with Crippen LogP contribution in [0.5, 0.6) is 0 Å². The van der Waals surface area contributed by atoms with Gasteiger partial charge in [0.15, 0.2) is 0 Å². The average Bonchev–Trinajstić information content (AvgIpc) is 2.54. The van der Waals surface area contributed by atoms with Crippen molar-refractivity contribution in [1.82, 2.24) is 0 Å². The van der Waals surface area contributed by atoms with Crippen molar-refractivity contribution in [3.05, 3.63) is 0 Å². The van der Waals surface area contributed by atoms with Crippen LogP contribution in [0.4, 0.5) is 0 Å². The fourth-order valence-corrected chi connectivity index (χ4v) is 7.10. The van der Waals surface area contributed by atoms with Crippen LogP contribution < -0.4 is 0 Å². The molecule has 21 heavy (non-hydrogen) atoms. The van der Waals surface area contributed by atoms with E-state index in [1.165, 1.54) is 108 Å². The Morgan fingerprint density at radius 2 is 0.810 bits per heavy atom. The molecule has 1 saturated carbocycles. The van der Waals surface area contributed by atoms with Gasteiger partial charge in [-0.05, 0) is 36.7 Å². The van der Waals surface area contributed by atoms with Gasteiger partial charge in [-0.3, -0.25) is 0 Å². The molecule has 0 aromatic carbocycles. The van der Waals surface area contributed by atoms with Crippen LogP contribution in [-0.2, 0) is 0 Å². The predicted octanol–water partition coefficient (Wildman–Crippen LogP) is 7.27. The van der Waals surface area contributed by atoms with E-state index >= 15 is 0 Å². The molecule has 0 amide bonds. The largest absolute Gasteiger partial charge is 0.147 e. The summed E-state index contributed by atoms with van der Waals surface area (Å²) >= 11 is 4.56. The van der Waals surface area contributed by atoms with Gasteiger partial charge in [0, 0.05) is 0 Å². The molecule has 0 nitrogen and oxygen atoms in total. The van der Waals surface area contributed by atoms with Crippen molar-refractivity contribution >= 4 is 23.5 Å². The fourth-order valence-electron chi connectivity index (χ4n) is 3.78. The molecule has 0 aromatic heterocycles. The minimum absolute atomic E-state index is 0.939. The number of rotatable bonds is 1. The summed E-state index contributed by atoms with van der Waals surface area (Å²) < 4.78 is 0.939. The Bertz CT molecular complexity index is 220. The van der Waals surface area contributed by atoms with Crippen molar-refractivity contribution in [1.29, 1.82) is 0 Å². The van der Waals surface area contributed by atoms with Gasteiger partial charge >= 0.3 is 0 Å². The van der Waals surface area contributed by atoms with E-state index in [0.717, 1.165) is 10.5 Å². The topological polar surface area (TPSA) is 0 Å². The molecule has 2 heteroatoms. The second-order valence-electron chi connectivity index (χ2n) is 7.04. The lowest BCUT2D eigenvalue weighted by molar-refractivity contribution is 0.429. The first kappa shape index (κ1) is 18.0. The van der Waals surface area contributed by atoms with Crippen molar-refractivity contribution in [3.63, 3.8) is 0 Å². The molecular weight excluding hydrogens is 292 g/mol. The van der Waals surface area contributed by atoms with E-state index in [2.05, 4.69) is 23.5 Å². The van der Waals surface area contributed by atoms with E-state index in [4.69, 9.17) is 0 Å². The summed E-state index contributed by atoms with van der Waals surface area (Å²) in [5.74, 6) is 3.87. The van der Waals surface area contributed by atoms with E-state index in [1.54, 1.807) is 0 Å². The summed E-state index contributed by atoms with van der Waals surface area (Å²) in [6.07, 6.45) is 22.5. The zero-order chi connectivity index (χ0) is 14.6. The normalized spacial score (nSPS) is 26.9.